The summed E-state index contributed by atoms with van der Waals surface area (Å²) in [6.45, 7) is 3.18. The Labute approximate surface area is 181 Å². The molecule has 1 amide bonds. The highest BCUT2D eigenvalue weighted by Crippen LogP contribution is 2.24. The molecule has 8 nitrogen and oxygen atoms in total. The molecule has 0 aliphatic carbocycles. The number of benzene rings is 1. The lowest BCUT2D eigenvalue weighted by Crippen LogP contribution is -2.25. The molecule has 8 heteroatoms. The number of aromatic nitrogens is 3. The molecule has 1 atom stereocenters. The number of nitrogens with zero attached hydrogens (tertiary/aromatic N) is 4. The van der Waals surface area contributed by atoms with Gasteiger partial charge in [-0.3, -0.25) is 9.78 Å². The van der Waals surface area contributed by atoms with E-state index in [9.17, 15) is 4.79 Å². The maximum absolute atomic E-state index is 12.0. The minimum absolute atomic E-state index is 0.264. The molecule has 0 aliphatic rings. The fourth-order valence-corrected chi connectivity index (χ4v) is 3.14. The summed E-state index contributed by atoms with van der Waals surface area (Å²) in [5.74, 6) is 0.697. The maximum atomic E-state index is 12.0. The van der Waals surface area contributed by atoms with Gasteiger partial charge in [-0.1, -0.05) is 25.1 Å². The van der Waals surface area contributed by atoms with Crippen molar-refractivity contribution in [2.45, 2.75) is 19.3 Å². The van der Waals surface area contributed by atoms with Crippen molar-refractivity contribution in [1.29, 1.82) is 5.26 Å². The Morgan fingerprint density at radius 3 is 2.74 bits per heavy atom. The van der Waals surface area contributed by atoms with E-state index in [1.165, 1.54) is 11.9 Å². The van der Waals surface area contributed by atoms with Crippen LogP contribution in [-0.4, -0.2) is 41.0 Å². The highest BCUT2D eigenvalue weighted by molar-refractivity contribution is 5.92. The zero-order valence-electron chi connectivity index (χ0n) is 17.6. The molecule has 0 spiro atoms. The largest absolute Gasteiger partial charge is 0.388 e. The third kappa shape index (κ3) is 5.76. The summed E-state index contributed by atoms with van der Waals surface area (Å²) < 4.78 is 0. The first-order valence-electron chi connectivity index (χ1n) is 10.1. The smallest absolute Gasteiger partial charge is 0.269 e. The molecular formula is C23H25N7O. The minimum atomic E-state index is -0.303. The summed E-state index contributed by atoms with van der Waals surface area (Å²) in [7, 11) is 1.92. The average molecular weight is 416 g/mol. The van der Waals surface area contributed by atoms with Crippen LogP contribution in [0.2, 0.25) is 0 Å². The first kappa shape index (κ1) is 21.7. The fourth-order valence-electron chi connectivity index (χ4n) is 3.14. The number of carbonyl (C=O) groups is 1. The van der Waals surface area contributed by atoms with Crippen LogP contribution in [-0.2, 0) is 0 Å². The first-order valence-corrected chi connectivity index (χ1v) is 10.1. The number of para-hydroxylation sites is 1. The predicted molar refractivity (Wildman–Crippen MR) is 121 cm³/mol. The molecule has 0 bridgehead atoms. The number of carbonyl (C=O) groups excluding carboxylic acids is 1. The summed E-state index contributed by atoms with van der Waals surface area (Å²) in [5.41, 5.74) is 4.14. The fraction of sp³-hybridized carbons (Fsp3) is 0.261. The summed E-state index contributed by atoms with van der Waals surface area (Å²) in [6.07, 6.45) is 3.38. The van der Waals surface area contributed by atoms with Crippen LogP contribution in [0.3, 0.4) is 0 Å². The Hall–Kier alpha value is -3.99. The van der Waals surface area contributed by atoms with E-state index >= 15 is 0 Å². The number of anilines is 2. The summed E-state index contributed by atoms with van der Waals surface area (Å²) >= 11 is 0. The zero-order valence-corrected chi connectivity index (χ0v) is 17.6. The third-order valence-electron chi connectivity index (χ3n) is 4.83. The van der Waals surface area contributed by atoms with Crippen LogP contribution in [0.4, 0.5) is 11.5 Å². The lowest BCUT2D eigenvalue weighted by molar-refractivity contribution is 0.0949. The van der Waals surface area contributed by atoms with Gasteiger partial charge in [0.1, 0.15) is 17.8 Å². The van der Waals surface area contributed by atoms with Gasteiger partial charge >= 0.3 is 0 Å². The number of nitriles is 1. The molecule has 0 fully saturated rings. The number of hydrogen-bond acceptors (Lipinski definition) is 7. The molecule has 0 saturated heterocycles. The van der Waals surface area contributed by atoms with Gasteiger partial charge in [0.2, 0.25) is 0 Å². The van der Waals surface area contributed by atoms with E-state index in [0.29, 0.717) is 17.9 Å². The van der Waals surface area contributed by atoms with Crippen LogP contribution in [0.5, 0.6) is 0 Å². The molecular weight excluding hydrogens is 390 g/mol. The quantitative estimate of drug-likeness (QED) is 0.459. The summed E-state index contributed by atoms with van der Waals surface area (Å²) in [6, 6.07) is 15.5. The molecule has 2 heterocycles. The van der Waals surface area contributed by atoms with Gasteiger partial charge in [-0.05, 0) is 23.8 Å². The van der Waals surface area contributed by atoms with E-state index in [4.69, 9.17) is 5.26 Å². The van der Waals surface area contributed by atoms with E-state index in [1.54, 1.807) is 18.3 Å². The van der Waals surface area contributed by atoms with Gasteiger partial charge in [0.25, 0.3) is 5.91 Å². The Morgan fingerprint density at radius 2 is 2.00 bits per heavy atom. The van der Waals surface area contributed by atoms with Crippen LogP contribution >= 0.6 is 0 Å². The van der Waals surface area contributed by atoms with Crippen molar-refractivity contribution in [3.8, 4) is 17.3 Å². The number of hydrogen-bond donors (Lipinski definition) is 3. The van der Waals surface area contributed by atoms with Crippen molar-refractivity contribution in [3.05, 3.63) is 66.2 Å². The van der Waals surface area contributed by atoms with Crippen LogP contribution in [0.25, 0.3) is 11.3 Å². The molecule has 31 heavy (non-hydrogen) atoms. The first-order chi connectivity index (χ1) is 15.1. The summed E-state index contributed by atoms with van der Waals surface area (Å²) in [5, 5.41) is 17.8. The Bertz CT molecular complexity index is 1060. The van der Waals surface area contributed by atoms with Crippen molar-refractivity contribution >= 4 is 17.4 Å². The average Bonchev–Trinajstić information content (AvgIpc) is 2.83. The Morgan fingerprint density at radius 1 is 1.16 bits per heavy atom. The lowest BCUT2D eigenvalue weighted by Gasteiger charge is -2.17. The van der Waals surface area contributed by atoms with Crippen molar-refractivity contribution in [1.82, 2.24) is 20.3 Å². The monoisotopic (exact) mass is 415 g/mol. The SMILES string of the molecule is CNc1ccccc1[C@H](C)CNc1cc(-c2ccc(C(=O)NCCC#N)nc2)ncn1. The van der Waals surface area contributed by atoms with Crippen LogP contribution < -0.4 is 16.0 Å². The third-order valence-corrected chi connectivity index (χ3v) is 4.83. The number of amides is 1. The van der Waals surface area contributed by atoms with Crippen molar-refractivity contribution in [2.24, 2.45) is 0 Å². The normalized spacial score (nSPS) is 11.3. The van der Waals surface area contributed by atoms with Crippen molar-refractivity contribution in [2.75, 3.05) is 30.8 Å². The van der Waals surface area contributed by atoms with Gasteiger partial charge in [0, 0.05) is 49.6 Å². The van der Waals surface area contributed by atoms with E-state index in [1.807, 2.05) is 31.3 Å². The van der Waals surface area contributed by atoms with Crippen molar-refractivity contribution < 1.29 is 4.79 Å². The zero-order chi connectivity index (χ0) is 22.1. The molecule has 0 radical (unpaired) electrons. The standard InChI is InChI=1S/C23H25N7O/c1-16(18-6-3-4-7-19(18)25-2)13-28-22-12-21(29-15-30-22)17-8-9-20(27-14-17)23(31)26-11-5-10-24/h3-4,6-9,12,14-16,25H,5,11,13H2,1-2H3,(H,26,31)(H,28,29,30)/t16-/m1/s1. The van der Waals surface area contributed by atoms with Gasteiger partial charge in [0.15, 0.2) is 0 Å². The molecule has 3 aromatic rings. The van der Waals surface area contributed by atoms with Gasteiger partial charge < -0.3 is 16.0 Å². The molecule has 0 aliphatic heterocycles. The molecule has 0 unspecified atom stereocenters. The van der Waals surface area contributed by atoms with Crippen LogP contribution in [0, 0.1) is 11.3 Å². The predicted octanol–water partition coefficient (Wildman–Crippen LogP) is 3.44. The van der Waals surface area contributed by atoms with E-state index in [-0.39, 0.29) is 18.2 Å². The van der Waals surface area contributed by atoms with Gasteiger partial charge in [0.05, 0.1) is 18.2 Å². The Balaban J connectivity index is 1.65. The van der Waals surface area contributed by atoms with Gasteiger partial charge in [-0.25, -0.2) is 9.97 Å². The molecule has 3 N–H and O–H groups in total. The van der Waals surface area contributed by atoms with Crippen LogP contribution in [0.15, 0.2) is 55.0 Å². The second-order valence-electron chi connectivity index (χ2n) is 7.00. The number of rotatable bonds is 9. The molecule has 0 saturated carbocycles. The number of nitrogens with one attached hydrogen (secondary N) is 3. The summed E-state index contributed by atoms with van der Waals surface area (Å²) in [4.78, 5) is 24.9. The molecule has 1 aromatic carbocycles. The lowest BCUT2D eigenvalue weighted by atomic mass is 9.99. The second-order valence-corrected chi connectivity index (χ2v) is 7.00. The van der Waals surface area contributed by atoms with E-state index < -0.39 is 0 Å². The minimum Gasteiger partial charge on any atom is -0.388 e. The van der Waals surface area contributed by atoms with Gasteiger partial charge in [-0.2, -0.15) is 5.26 Å². The van der Waals surface area contributed by atoms with Crippen LogP contribution in [0.1, 0.15) is 35.3 Å². The Kier molecular flexibility index (Phi) is 7.49. The maximum Gasteiger partial charge on any atom is 0.269 e. The molecule has 2 aromatic heterocycles. The van der Waals surface area contributed by atoms with Gasteiger partial charge in [-0.15, -0.1) is 0 Å². The topological polar surface area (TPSA) is 116 Å². The molecule has 3 rings (SSSR count). The van der Waals surface area contributed by atoms with E-state index in [2.05, 4.69) is 50.0 Å². The van der Waals surface area contributed by atoms with Crippen molar-refractivity contribution in [3.63, 3.8) is 0 Å². The number of pyridine rings is 1. The molecule has 158 valence electrons. The second kappa shape index (κ2) is 10.7. The highest BCUT2D eigenvalue weighted by atomic mass is 16.1. The van der Waals surface area contributed by atoms with E-state index in [0.717, 1.165) is 23.6 Å². The highest BCUT2D eigenvalue weighted by Gasteiger charge is 2.11.